The molecule has 0 saturated heterocycles. The molecular formula is C15H14O. The summed E-state index contributed by atoms with van der Waals surface area (Å²) in [5.41, 5.74) is 1.29. The summed E-state index contributed by atoms with van der Waals surface area (Å²) in [6.45, 7) is 0. The van der Waals surface area contributed by atoms with E-state index in [1.807, 2.05) is 12.1 Å². The summed E-state index contributed by atoms with van der Waals surface area (Å²) in [4.78, 5) is 11.9. The molecule has 0 amide bonds. The van der Waals surface area contributed by atoms with Crippen molar-refractivity contribution < 1.29 is 4.79 Å². The Hall–Kier alpha value is -1.63. The largest absolute Gasteiger partial charge is 0.294 e. The van der Waals surface area contributed by atoms with Gasteiger partial charge in [-0.1, -0.05) is 48.6 Å². The fraction of sp³-hybridized carbons (Fsp3) is 0.267. The Bertz CT molecular complexity index is 456. The van der Waals surface area contributed by atoms with Crippen LogP contribution in [0.25, 0.3) is 0 Å². The molecule has 0 radical (unpaired) electrons. The molecule has 0 fully saturated rings. The Morgan fingerprint density at radius 3 is 2.62 bits per heavy atom. The second-order valence-electron chi connectivity index (χ2n) is 4.59. The van der Waals surface area contributed by atoms with Gasteiger partial charge in [-0.15, -0.1) is 0 Å². The van der Waals surface area contributed by atoms with Crippen molar-refractivity contribution in [3.63, 3.8) is 0 Å². The van der Waals surface area contributed by atoms with E-state index < -0.39 is 0 Å². The minimum absolute atomic E-state index is 0.0531. The van der Waals surface area contributed by atoms with Crippen molar-refractivity contribution in [2.75, 3.05) is 0 Å². The van der Waals surface area contributed by atoms with Crippen LogP contribution in [0.15, 0.2) is 54.6 Å². The van der Waals surface area contributed by atoms with E-state index >= 15 is 0 Å². The van der Waals surface area contributed by atoms with Crippen molar-refractivity contribution in [2.45, 2.75) is 12.3 Å². The third kappa shape index (κ3) is 1.53. The van der Waals surface area contributed by atoms with E-state index in [2.05, 4.69) is 36.4 Å². The summed E-state index contributed by atoms with van der Waals surface area (Å²) in [7, 11) is 0. The summed E-state index contributed by atoms with van der Waals surface area (Å²) < 4.78 is 0. The molecule has 0 aromatic heterocycles. The molecule has 3 aliphatic carbocycles. The van der Waals surface area contributed by atoms with Crippen molar-refractivity contribution >= 4 is 5.78 Å². The molecule has 1 heteroatoms. The van der Waals surface area contributed by atoms with Gasteiger partial charge in [-0.05, 0) is 29.9 Å². The van der Waals surface area contributed by atoms with E-state index in [1.54, 1.807) is 6.08 Å². The lowest BCUT2D eigenvalue weighted by Gasteiger charge is -2.27. The summed E-state index contributed by atoms with van der Waals surface area (Å²) in [6, 6.07) is 10.4. The van der Waals surface area contributed by atoms with E-state index in [-0.39, 0.29) is 11.7 Å². The average molecular weight is 210 g/mol. The van der Waals surface area contributed by atoms with E-state index in [1.165, 1.54) is 5.56 Å². The first kappa shape index (κ1) is 9.59. The summed E-state index contributed by atoms with van der Waals surface area (Å²) in [5.74, 6) is 1.11. The van der Waals surface area contributed by atoms with Gasteiger partial charge in [-0.2, -0.15) is 0 Å². The van der Waals surface area contributed by atoms with Crippen molar-refractivity contribution in [2.24, 2.45) is 11.8 Å². The van der Waals surface area contributed by atoms with Crippen LogP contribution in [0.5, 0.6) is 0 Å². The highest BCUT2D eigenvalue weighted by Crippen LogP contribution is 2.39. The molecule has 0 spiro atoms. The fourth-order valence-corrected chi connectivity index (χ4v) is 2.72. The first-order valence-corrected chi connectivity index (χ1v) is 5.80. The Morgan fingerprint density at radius 1 is 1.00 bits per heavy atom. The van der Waals surface area contributed by atoms with Crippen LogP contribution in [0.3, 0.4) is 0 Å². The summed E-state index contributed by atoms with van der Waals surface area (Å²) in [6.07, 6.45) is 9.13. The van der Waals surface area contributed by atoms with Crippen LogP contribution >= 0.6 is 0 Å². The molecule has 0 N–H and O–H groups in total. The zero-order valence-corrected chi connectivity index (χ0v) is 9.04. The fourth-order valence-electron chi connectivity index (χ4n) is 2.72. The maximum atomic E-state index is 11.9. The maximum Gasteiger partial charge on any atom is 0.162 e. The molecule has 3 unspecified atom stereocenters. The molecule has 3 aliphatic rings. The van der Waals surface area contributed by atoms with E-state index in [9.17, 15) is 4.79 Å². The van der Waals surface area contributed by atoms with Gasteiger partial charge in [0.05, 0.1) is 0 Å². The number of allylic oxidation sites excluding steroid dienone is 4. The molecule has 1 aromatic rings. The van der Waals surface area contributed by atoms with Crippen molar-refractivity contribution in [1.82, 2.24) is 0 Å². The Morgan fingerprint density at radius 2 is 1.81 bits per heavy atom. The predicted molar refractivity (Wildman–Crippen MR) is 64.1 cm³/mol. The van der Waals surface area contributed by atoms with Crippen molar-refractivity contribution in [3.8, 4) is 0 Å². The first-order valence-electron chi connectivity index (χ1n) is 5.80. The number of hydrogen-bond acceptors (Lipinski definition) is 1. The van der Waals surface area contributed by atoms with Crippen LogP contribution in [-0.2, 0) is 4.79 Å². The van der Waals surface area contributed by atoms with Crippen LogP contribution < -0.4 is 0 Å². The van der Waals surface area contributed by atoms with Crippen LogP contribution in [0.2, 0.25) is 0 Å². The number of carbonyl (C=O) groups is 1. The topological polar surface area (TPSA) is 17.1 Å². The first-order chi connectivity index (χ1) is 7.84. The van der Waals surface area contributed by atoms with Gasteiger partial charge in [-0.25, -0.2) is 0 Å². The molecule has 4 rings (SSSR count). The number of benzene rings is 1. The average Bonchev–Trinajstić information content (AvgIpc) is 2.62. The highest BCUT2D eigenvalue weighted by Gasteiger charge is 2.32. The molecule has 1 aromatic carbocycles. The lowest BCUT2D eigenvalue weighted by atomic mass is 9.76. The number of ketones is 1. The van der Waals surface area contributed by atoms with E-state index in [4.69, 9.17) is 0 Å². The second-order valence-corrected chi connectivity index (χ2v) is 4.59. The second kappa shape index (κ2) is 3.75. The zero-order chi connectivity index (χ0) is 11.0. The van der Waals surface area contributed by atoms with Crippen LogP contribution in [0, 0.1) is 11.8 Å². The molecule has 80 valence electrons. The molecular weight excluding hydrogens is 196 g/mol. The van der Waals surface area contributed by atoms with E-state index in [0.717, 1.165) is 6.42 Å². The summed E-state index contributed by atoms with van der Waals surface area (Å²) in [5, 5.41) is 0. The lowest BCUT2D eigenvalue weighted by molar-refractivity contribution is -0.117. The van der Waals surface area contributed by atoms with E-state index in [0.29, 0.717) is 11.8 Å². The number of hydrogen-bond donors (Lipinski definition) is 0. The standard InChI is InChI=1S/C15H14O/c16-15-9-7-11-6-8-13(15)14(10-11)12-4-2-1-3-5-12/h1-9,11,13-14H,10H2. The minimum atomic E-state index is 0.0531. The molecule has 2 bridgehead atoms. The number of rotatable bonds is 1. The van der Waals surface area contributed by atoms with Crippen LogP contribution in [-0.4, -0.2) is 5.78 Å². The SMILES string of the molecule is O=C1C=CC2C=CC1C(c1ccccc1)C2. The predicted octanol–water partition coefficient (Wildman–Crippen LogP) is 3.10. The molecule has 0 aliphatic heterocycles. The van der Waals surface area contributed by atoms with Crippen molar-refractivity contribution in [3.05, 3.63) is 60.2 Å². The Labute approximate surface area is 95.5 Å². The maximum absolute atomic E-state index is 11.9. The molecule has 1 nitrogen and oxygen atoms in total. The summed E-state index contributed by atoms with van der Waals surface area (Å²) >= 11 is 0. The third-order valence-electron chi connectivity index (χ3n) is 3.59. The van der Waals surface area contributed by atoms with Gasteiger partial charge in [0.25, 0.3) is 0 Å². The number of carbonyl (C=O) groups excluding carboxylic acids is 1. The van der Waals surface area contributed by atoms with Gasteiger partial charge in [0.1, 0.15) is 0 Å². The zero-order valence-electron chi connectivity index (χ0n) is 9.04. The molecule has 16 heavy (non-hydrogen) atoms. The molecule has 0 saturated carbocycles. The van der Waals surface area contributed by atoms with Gasteiger partial charge in [0.2, 0.25) is 0 Å². The number of fused-ring (bicyclic) bond motifs is 2. The van der Waals surface area contributed by atoms with Gasteiger partial charge in [0, 0.05) is 5.92 Å². The molecule has 0 heterocycles. The van der Waals surface area contributed by atoms with Crippen LogP contribution in [0.4, 0.5) is 0 Å². The highest BCUT2D eigenvalue weighted by atomic mass is 16.1. The Kier molecular flexibility index (Phi) is 2.24. The van der Waals surface area contributed by atoms with Crippen molar-refractivity contribution in [1.29, 1.82) is 0 Å². The smallest absolute Gasteiger partial charge is 0.162 e. The van der Waals surface area contributed by atoms with Gasteiger partial charge < -0.3 is 0 Å². The van der Waals surface area contributed by atoms with Crippen LogP contribution in [0.1, 0.15) is 17.9 Å². The Balaban J connectivity index is 2.00. The van der Waals surface area contributed by atoms with Gasteiger partial charge >= 0.3 is 0 Å². The molecule has 3 atom stereocenters. The highest BCUT2D eigenvalue weighted by molar-refractivity contribution is 5.94. The minimum Gasteiger partial charge on any atom is -0.294 e. The van der Waals surface area contributed by atoms with Gasteiger partial charge in [0.15, 0.2) is 5.78 Å². The quantitative estimate of drug-likeness (QED) is 0.651. The third-order valence-corrected chi connectivity index (χ3v) is 3.59. The normalized spacial score (nSPS) is 31.8. The van der Waals surface area contributed by atoms with Gasteiger partial charge in [-0.3, -0.25) is 4.79 Å². The lowest BCUT2D eigenvalue weighted by Crippen LogP contribution is -2.21. The monoisotopic (exact) mass is 210 g/mol.